The molecular weight excluding hydrogens is 157 g/mol. The topological polar surface area (TPSA) is 43.8 Å². The predicted octanol–water partition coefficient (Wildman–Crippen LogP) is 1.29. The highest BCUT2D eigenvalue weighted by Crippen LogP contribution is 2.21. The van der Waals surface area contributed by atoms with Gasteiger partial charge in [-0.05, 0) is 12.1 Å². The Morgan fingerprint density at radius 1 is 1.50 bits per heavy atom. The Bertz CT molecular complexity index is 394. The van der Waals surface area contributed by atoms with E-state index in [0.29, 0.717) is 16.6 Å². The Kier molecular flexibility index (Phi) is 1.30. The van der Waals surface area contributed by atoms with Gasteiger partial charge in [-0.3, -0.25) is 4.68 Å². The number of rotatable bonds is 0. The van der Waals surface area contributed by atoms with E-state index in [1.165, 1.54) is 12.1 Å². The van der Waals surface area contributed by atoms with E-state index < -0.39 is 0 Å². The van der Waals surface area contributed by atoms with E-state index in [0.717, 1.165) is 0 Å². The highest BCUT2D eigenvalue weighted by molar-refractivity contribution is 5.89. The monoisotopic (exact) mass is 165 g/mol. The number of nitrogens with two attached hydrogens (primary N) is 1. The van der Waals surface area contributed by atoms with Crippen molar-refractivity contribution in [1.82, 2.24) is 9.78 Å². The van der Waals surface area contributed by atoms with Gasteiger partial charge in [-0.1, -0.05) is 0 Å². The number of nitrogens with zero attached hydrogens (tertiary/aromatic N) is 2. The molecule has 0 radical (unpaired) electrons. The lowest BCUT2D eigenvalue weighted by molar-refractivity contribution is 0.639. The second-order valence-corrected chi connectivity index (χ2v) is 2.70. The molecule has 0 atom stereocenters. The maximum atomic E-state index is 13.1. The van der Waals surface area contributed by atoms with Crippen molar-refractivity contribution in [1.29, 1.82) is 0 Å². The van der Waals surface area contributed by atoms with Crippen LogP contribution in [-0.2, 0) is 7.05 Å². The van der Waals surface area contributed by atoms with E-state index in [1.807, 2.05) is 0 Å². The minimum Gasteiger partial charge on any atom is -0.397 e. The normalized spacial score (nSPS) is 10.8. The van der Waals surface area contributed by atoms with E-state index in [4.69, 9.17) is 5.73 Å². The molecule has 62 valence electrons. The number of halogens is 1. The van der Waals surface area contributed by atoms with Crippen molar-refractivity contribution in [3.63, 3.8) is 0 Å². The minimum atomic E-state index is -0.285. The highest BCUT2D eigenvalue weighted by Gasteiger charge is 2.06. The third-order valence-corrected chi connectivity index (χ3v) is 1.77. The van der Waals surface area contributed by atoms with Crippen molar-refractivity contribution in [3.8, 4) is 0 Å². The number of fused-ring (bicyclic) bond motifs is 1. The van der Waals surface area contributed by atoms with Crippen molar-refractivity contribution < 1.29 is 4.39 Å². The van der Waals surface area contributed by atoms with Gasteiger partial charge < -0.3 is 5.73 Å². The van der Waals surface area contributed by atoms with E-state index in [9.17, 15) is 4.39 Å². The van der Waals surface area contributed by atoms with Crippen LogP contribution in [0.3, 0.4) is 0 Å². The molecule has 0 saturated carbocycles. The third kappa shape index (κ3) is 0.845. The maximum absolute atomic E-state index is 13.1. The van der Waals surface area contributed by atoms with Crippen LogP contribution in [0, 0.1) is 5.82 Å². The predicted molar refractivity (Wildman–Crippen MR) is 45.1 cm³/mol. The second-order valence-electron chi connectivity index (χ2n) is 2.70. The molecule has 0 bridgehead atoms. The summed E-state index contributed by atoms with van der Waals surface area (Å²) in [4.78, 5) is 0. The molecule has 0 saturated heterocycles. The summed E-state index contributed by atoms with van der Waals surface area (Å²) in [5, 5.41) is 4.50. The minimum absolute atomic E-state index is 0.285. The lowest BCUT2D eigenvalue weighted by atomic mass is 10.2. The Morgan fingerprint density at radius 2 is 2.25 bits per heavy atom. The third-order valence-electron chi connectivity index (χ3n) is 1.77. The molecule has 1 aromatic heterocycles. The smallest absolute Gasteiger partial charge is 0.134 e. The molecule has 1 aromatic carbocycles. The van der Waals surface area contributed by atoms with Crippen LogP contribution in [0.2, 0.25) is 0 Å². The molecule has 0 aliphatic carbocycles. The van der Waals surface area contributed by atoms with Gasteiger partial charge in [0.25, 0.3) is 0 Å². The molecule has 0 amide bonds. The van der Waals surface area contributed by atoms with Crippen LogP contribution < -0.4 is 5.73 Å². The van der Waals surface area contributed by atoms with Crippen molar-refractivity contribution in [2.45, 2.75) is 0 Å². The number of hydrogen-bond acceptors (Lipinski definition) is 2. The average Bonchev–Trinajstić information content (AvgIpc) is 2.41. The van der Waals surface area contributed by atoms with Crippen LogP contribution in [0.25, 0.3) is 10.9 Å². The fraction of sp³-hybridized carbons (Fsp3) is 0.125. The van der Waals surface area contributed by atoms with Crippen LogP contribution in [0.15, 0.2) is 18.3 Å². The molecule has 2 aromatic rings. The number of aryl methyl sites for hydroxylation is 1. The van der Waals surface area contributed by atoms with Crippen LogP contribution in [0.1, 0.15) is 0 Å². The molecule has 3 nitrogen and oxygen atoms in total. The summed E-state index contributed by atoms with van der Waals surface area (Å²) in [5.74, 6) is -0.285. The van der Waals surface area contributed by atoms with Crippen LogP contribution in [0.5, 0.6) is 0 Å². The summed E-state index contributed by atoms with van der Waals surface area (Å²) in [6.45, 7) is 0. The zero-order valence-electron chi connectivity index (χ0n) is 6.58. The first-order valence-corrected chi connectivity index (χ1v) is 3.56. The number of anilines is 1. The van der Waals surface area contributed by atoms with E-state index in [2.05, 4.69) is 5.10 Å². The Balaban J connectivity index is 2.93. The molecule has 1 heterocycles. The molecule has 0 unspecified atom stereocenters. The Labute approximate surface area is 68.6 Å². The molecule has 0 aliphatic rings. The van der Waals surface area contributed by atoms with E-state index >= 15 is 0 Å². The van der Waals surface area contributed by atoms with Crippen molar-refractivity contribution in [2.75, 3.05) is 5.73 Å². The van der Waals surface area contributed by atoms with E-state index in [1.54, 1.807) is 17.9 Å². The lowest BCUT2D eigenvalue weighted by Gasteiger charge is -1.93. The van der Waals surface area contributed by atoms with Crippen molar-refractivity contribution in [2.24, 2.45) is 7.05 Å². The van der Waals surface area contributed by atoms with E-state index in [-0.39, 0.29) is 5.82 Å². The molecule has 4 heteroatoms. The highest BCUT2D eigenvalue weighted by atomic mass is 19.1. The summed E-state index contributed by atoms with van der Waals surface area (Å²) >= 11 is 0. The zero-order valence-corrected chi connectivity index (χ0v) is 6.58. The first-order chi connectivity index (χ1) is 5.68. The SMILES string of the molecule is Cn1cc2c(F)ccc(N)c2n1. The van der Waals surface area contributed by atoms with Gasteiger partial charge in [-0.2, -0.15) is 5.10 Å². The summed E-state index contributed by atoms with van der Waals surface area (Å²) in [5.41, 5.74) is 6.63. The fourth-order valence-corrected chi connectivity index (χ4v) is 1.21. The number of aromatic nitrogens is 2. The van der Waals surface area contributed by atoms with Crippen molar-refractivity contribution in [3.05, 3.63) is 24.1 Å². The Morgan fingerprint density at radius 3 is 2.92 bits per heavy atom. The lowest BCUT2D eigenvalue weighted by Crippen LogP contribution is -1.89. The first-order valence-electron chi connectivity index (χ1n) is 3.56. The second kappa shape index (κ2) is 2.20. The van der Waals surface area contributed by atoms with Gasteiger partial charge in [0.2, 0.25) is 0 Å². The molecule has 0 aliphatic heterocycles. The summed E-state index contributed by atoms with van der Waals surface area (Å²) in [6, 6.07) is 2.87. The zero-order chi connectivity index (χ0) is 8.72. The molecule has 0 spiro atoms. The van der Waals surface area contributed by atoms with Gasteiger partial charge in [-0.25, -0.2) is 4.39 Å². The van der Waals surface area contributed by atoms with Gasteiger partial charge >= 0.3 is 0 Å². The standard InChI is InChI=1S/C8H8FN3/c1-12-4-5-6(9)2-3-7(10)8(5)11-12/h2-4H,10H2,1H3. The summed E-state index contributed by atoms with van der Waals surface area (Å²) < 4.78 is 14.6. The molecule has 12 heavy (non-hydrogen) atoms. The molecule has 0 fully saturated rings. The van der Waals surface area contributed by atoms with Gasteiger partial charge in [-0.15, -0.1) is 0 Å². The van der Waals surface area contributed by atoms with Crippen LogP contribution >= 0.6 is 0 Å². The molecule has 2 N–H and O–H groups in total. The van der Waals surface area contributed by atoms with Crippen LogP contribution in [0.4, 0.5) is 10.1 Å². The quantitative estimate of drug-likeness (QED) is 0.598. The van der Waals surface area contributed by atoms with Crippen molar-refractivity contribution >= 4 is 16.6 Å². The summed E-state index contributed by atoms with van der Waals surface area (Å²) in [6.07, 6.45) is 1.61. The van der Waals surface area contributed by atoms with Gasteiger partial charge in [0, 0.05) is 13.2 Å². The largest absolute Gasteiger partial charge is 0.397 e. The van der Waals surface area contributed by atoms with Gasteiger partial charge in [0.05, 0.1) is 11.1 Å². The molecular formula is C8H8FN3. The number of benzene rings is 1. The first kappa shape index (κ1) is 7.09. The Hall–Kier alpha value is -1.58. The molecule has 2 rings (SSSR count). The number of nitrogen functional groups attached to an aromatic ring is 1. The van der Waals surface area contributed by atoms with Gasteiger partial charge in [0.15, 0.2) is 0 Å². The number of hydrogen-bond donors (Lipinski definition) is 1. The fourth-order valence-electron chi connectivity index (χ4n) is 1.21. The van der Waals surface area contributed by atoms with Crippen LogP contribution in [-0.4, -0.2) is 9.78 Å². The summed E-state index contributed by atoms with van der Waals surface area (Å²) in [7, 11) is 1.74. The maximum Gasteiger partial charge on any atom is 0.134 e. The van der Waals surface area contributed by atoms with Gasteiger partial charge in [0.1, 0.15) is 11.3 Å². The average molecular weight is 165 g/mol.